The number of imidazole rings is 1. The van der Waals surface area contributed by atoms with Crippen LogP contribution in [0.5, 0.6) is 5.88 Å². The molecule has 0 unspecified atom stereocenters. The number of aliphatic hydroxyl groups is 1. The van der Waals surface area contributed by atoms with Gasteiger partial charge in [0.1, 0.15) is 24.0 Å². The van der Waals surface area contributed by atoms with Gasteiger partial charge in [0.25, 0.3) is 5.91 Å². The van der Waals surface area contributed by atoms with E-state index in [1.807, 2.05) is 0 Å². The van der Waals surface area contributed by atoms with Gasteiger partial charge in [0.05, 0.1) is 12.9 Å². The predicted molar refractivity (Wildman–Crippen MR) is 65.0 cm³/mol. The molecule has 1 amide bonds. The number of nitrogens with zero attached hydrogens (tertiary/aromatic N) is 2. The van der Waals surface area contributed by atoms with E-state index in [4.69, 9.17) is 19.9 Å². The molecule has 0 saturated carbocycles. The fraction of sp³-hybridized carbons (Fsp3) is 0.667. The van der Waals surface area contributed by atoms with Crippen LogP contribution in [0.2, 0.25) is 0 Å². The minimum atomic E-state index is -0.907. The third kappa shape index (κ3) is 2.18. The summed E-state index contributed by atoms with van der Waals surface area (Å²) in [5.41, 5.74) is 4.72. The topological polar surface area (TPSA) is 132 Å². The first-order valence-electron chi connectivity index (χ1n) is 6.49. The second-order valence-corrected chi connectivity index (χ2v) is 5.48. The van der Waals surface area contributed by atoms with Gasteiger partial charge < -0.3 is 34.7 Å². The molecule has 3 heterocycles. The molecule has 9 nitrogen and oxygen atoms in total. The van der Waals surface area contributed by atoms with Crippen LogP contribution in [0.3, 0.4) is 0 Å². The molecular weight excluding hydrogens is 282 g/mol. The van der Waals surface area contributed by atoms with Crippen LogP contribution in [0.4, 0.5) is 0 Å². The smallest absolute Gasteiger partial charge is 0.268 e. The number of carbonyl (C=O) groups is 1. The first kappa shape index (κ1) is 14.3. The zero-order valence-corrected chi connectivity index (χ0v) is 11.6. The van der Waals surface area contributed by atoms with Crippen molar-refractivity contribution in [3.63, 3.8) is 0 Å². The molecule has 4 atom stereocenters. The highest BCUT2D eigenvalue weighted by atomic mass is 16.8. The number of amides is 1. The molecular formula is C12H16N3O6-. The van der Waals surface area contributed by atoms with Gasteiger partial charge in [-0.2, -0.15) is 0 Å². The number of primary amides is 1. The zero-order chi connectivity index (χ0) is 15.4. The lowest BCUT2D eigenvalue weighted by molar-refractivity contribution is -0.286. The molecule has 1 aromatic rings. The van der Waals surface area contributed by atoms with Crippen molar-refractivity contribution < 1.29 is 29.2 Å². The minimum absolute atomic E-state index is 0.275. The maximum Gasteiger partial charge on any atom is 0.268 e. The van der Waals surface area contributed by atoms with Crippen LogP contribution in [-0.4, -0.2) is 51.3 Å². The molecule has 2 saturated heterocycles. The Kier molecular flexibility index (Phi) is 3.17. The normalized spacial score (nSPS) is 34.0. The summed E-state index contributed by atoms with van der Waals surface area (Å²) in [5.74, 6) is -2.41. The average Bonchev–Trinajstić information content (AvgIpc) is 3.00. The van der Waals surface area contributed by atoms with E-state index in [2.05, 4.69) is 4.98 Å². The van der Waals surface area contributed by atoms with Gasteiger partial charge in [-0.05, 0) is 19.7 Å². The summed E-state index contributed by atoms with van der Waals surface area (Å²) in [6.07, 6.45) is -1.37. The van der Waals surface area contributed by atoms with Gasteiger partial charge in [0.2, 0.25) is 0 Å². The van der Waals surface area contributed by atoms with E-state index < -0.39 is 42.1 Å². The SMILES string of the molecule is CC1(C)O[C@@H]2[C@H](O1)[C@@H](CO)O[C@H]2n1cnc(C(N)=O)c1[O-]. The van der Waals surface area contributed by atoms with Gasteiger partial charge in [0, 0.05) is 0 Å². The van der Waals surface area contributed by atoms with Crippen LogP contribution in [0.25, 0.3) is 0 Å². The summed E-state index contributed by atoms with van der Waals surface area (Å²) in [4.78, 5) is 14.8. The second kappa shape index (κ2) is 4.67. The number of nitrogens with two attached hydrogens (primary N) is 1. The Balaban J connectivity index is 1.94. The number of aromatic nitrogens is 2. The van der Waals surface area contributed by atoms with E-state index in [9.17, 15) is 15.0 Å². The van der Waals surface area contributed by atoms with Crippen LogP contribution < -0.4 is 10.8 Å². The molecule has 2 aliphatic rings. The third-order valence-corrected chi connectivity index (χ3v) is 3.56. The van der Waals surface area contributed by atoms with E-state index in [0.29, 0.717) is 0 Å². The fourth-order valence-corrected chi connectivity index (χ4v) is 2.73. The molecule has 21 heavy (non-hydrogen) atoms. The Morgan fingerprint density at radius 2 is 2.19 bits per heavy atom. The van der Waals surface area contributed by atoms with Crippen molar-refractivity contribution in [2.75, 3.05) is 6.61 Å². The highest BCUT2D eigenvalue weighted by Crippen LogP contribution is 2.43. The van der Waals surface area contributed by atoms with Gasteiger partial charge in [-0.1, -0.05) is 0 Å². The number of hydrogen-bond donors (Lipinski definition) is 2. The fourth-order valence-electron chi connectivity index (χ4n) is 2.73. The second-order valence-electron chi connectivity index (χ2n) is 5.48. The van der Waals surface area contributed by atoms with Crippen LogP contribution >= 0.6 is 0 Å². The van der Waals surface area contributed by atoms with Crippen LogP contribution in [0.15, 0.2) is 6.33 Å². The largest absolute Gasteiger partial charge is 0.858 e. The molecule has 0 aliphatic carbocycles. The molecule has 1 aromatic heterocycles. The lowest BCUT2D eigenvalue weighted by Gasteiger charge is -2.26. The molecule has 2 aliphatic heterocycles. The molecule has 3 N–H and O–H groups in total. The maximum absolute atomic E-state index is 12.1. The Morgan fingerprint density at radius 1 is 1.52 bits per heavy atom. The lowest BCUT2D eigenvalue weighted by Crippen LogP contribution is -2.31. The average molecular weight is 298 g/mol. The van der Waals surface area contributed by atoms with Gasteiger partial charge >= 0.3 is 0 Å². The van der Waals surface area contributed by atoms with Crippen molar-refractivity contribution in [3.05, 3.63) is 12.0 Å². The van der Waals surface area contributed by atoms with Crippen molar-refractivity contribution >= 4 is 5.91 Å². The number of rotatable bonds is 3. The third-order valence-electron chi connectivity index (χ3n) is 3.56. The summed E-state index contributed by atoms with van der Waals surface area (Å²) >= 11 is 0. The van der Waals surface area contributed by atoms with Crippen molar-refractivity contribution in [1.29, 1.82) is 0 Å². The number of aliphatic hydroxyl groups excluding tert-OH is 1. The van der Waals surface area contributed by atoms with Crippen molar-refractivity contribution in [2.45, 2.75) is 44.2 Å². The Bertz CT molecular complexity index is 571. The van der Waals surface area contributed by atoms with E-state index in [-0.39, 0.29) is 12.3 Å². The minimum Gasteiger partial charge on any atom is -0.858 e. The Labute approximate surface area is 120 Å². The summed E-state index contributed by atoms with van der Waals surface area (Å²) in [7, 11) is 0. The van der Waals surface area contributed by atoms with Gasteiger partial charge in [0.15, 0.2) is 12.0 Å². The first-order chi connectivity index (χ1) is 9.84. The molecule has 116 valence electrons. The Morgan fingerprint density at radius 3 is 2.76 bits per heavy atom. The Hall–Kier alpha value is -1.68. The first-order valence-corrected chi connectivity index (χ1v) is 6.49. The predicted octanol–water partition coefficient (Wildman–Crippen LogP) is -1.53. The van der Waals surface area contributed by atoms with Gasteiger partial charge in [-0.3, -0.25) is 4.79 Å². The van der Waals surface area contributed by atoms with E-state index in [1.54, 1.807) is 13.8 Å². The monoisotopic (exact) mass is 298 g/mol. The maximum atomic E-state index is 12.1. The zero-order valence-electron chi connectivity index (χ0n) is 11.6. The van der Waals surface area contributed by atoms with Crippen molar-refractivity contribution in [1.82, 2.24) is 9.55 Å². The van der Waals surface area contributed by atoms with E-state index >= 15 is 0 Å². The van der Waals surface area contributed by atoms with Gasteiger partial charge in [-0.15, -0.1) is 0 Å². The van der Waals surface area contributed by atoms with E-state index in [0.717, 1.165) is 4.57 Å². The molecule has 0 radical (unpaired) electrons. The summed E-state index contributed by atoms with van der Waals surface area (Å²) in [5, 5.41) is 21.5. The molecule has 2 fully saturated rings. The number of fused-ring (bicyclic) bond motifs is 1. The standard InChI is InChI=1S/C12H17N3O6/c1-12(2)20-7-5(3-16)19-11(8(7)21-12)15-4-14-6(9(13)17)10(15)18/h4-5,7-8,11,16,18H,3H2,1-2H3,(H2,13,17)/p-1/t5-,7-,8-,11-/m1/s1. The molecule has 3 rings (SSSR count). The molecule has 9 heteroatoms. The highest BCUT2D eigenvalue weighted by molar-refractivity contribution is 5.92. The summed E-state index contributed by atoms with van der Waals surface area (Å²) in [6.45, 7) is 3.19. The summed E-state index contributed by atoms with van der Waals surface area (Å²) in [6, 6.07) is 0. The molecule has 0 bridgehead atoms. The van der Waals surface area contributed by atoms with Gasteiger partial charge in [-0.25, -0.2) is 4.98 Å². The number of carbonyl (C=O) groups excluding carboxylic acids is 1. The van der Waals surface area contributed by atoms with Crippen molar-refractivity contribution in [3.8, 4) is 5.88 Å². The molecule has 0 spiro atoms. The number of hydrogen-bond acceptors (Lipinski definition) is 7. The van der Waals surface area contributed by atoms with Crippen molar-refractivity contribution in [2.24, 2.45) is 5.73 Å². The van der Waals surface area contributed by atoms with Crippen LogP contribution in [-0.2, 0) is 14.2 Å². The molecule has 0 aromatic carbocycles. The van der Waals surface area contributed by atoms with Crippen LogP contribution in [0, 0.1) is 0 Å². The quantitative estimate of drug-likeness (QED) is 0.691. The summed E-state index contributed by atoms with van der Waals surface area (Å²) < 4.78 is 18.2. The van der Waals surface area contributed by atoms with E-state index in [1.165, 1.54) is 6.33 Å². The lowest BCUT2D eigenvalue weighted by atomic mass is 10.1. The number of ether oxygens (including phenoxy) is 3. The highest BCUT2D eigenvalue weighted by Gasteiger charge is 2.55. The van der Waals surface area contributed by atoms with Crippen LogP contribution in [0.1, 0.15) is 30.6 Å².